The fraction of sp³-hybridized carbons (Fsp3) is 0.696. The molecule has 0 aromatic heterocycles. The van der Waals surface area contributed by atoms with Gasteiger partial charge in [-0.2, -0.15) is 0 Å². The van der Waals surface area contributed by atoms with Crippen molar-refractivity contribution >= 4 is 5.91 Å². The molecule has 0 unspecified atom stereocenters. The van der Waals surface area contributed by atoms with Crippen LogP contribution in [0, 0.1) is 5.41 Å². The van der Waals surface area contributed by atoms with Crippen LogP contribution < -0.4 is 0 Å². The molecule has 1 spiro atoms. The third-order valence-electron chi connectivity index (χ3n) is 6.48. The van der Waals surface area contributed by atoms with E-state index in [4.69, 9.17) is 4.74 Å². The first-order valence-corrected chi connectivity index (χ1v) is 10.9. The first kappa shape index (κ1) is 21.3. The van der Waals surface area contributed by atoms with Gasteiger partial charge in [0.25, 0.3) is 0 Å². The summed E-state index contributed by atoms with van der Waals surface area (Å²) in [5, 5.41) is 10.9. The van der Waals surface area contributed by atoms with Crippen LogP contribution >= 0.6 is 0 Å². The number of piperidine rings is 2. The van der Waals surface area contributed by atoms with E-state index >= 15 is 0 Å². The van der Waals surface area contributed by atoms with Crippen LogP contribution in [0.1, 0.15) is 50.7 Å². The third-order valence-corrected chi connectivity index (χ3v) is 6.48. The van der Waals surface area contributed by atoms with Crippen molar-refractivity contribution in [3.8, 4) is 0 Å². The molecule has 1 aromatic carbocycles. The smallest absolute Gasteiger partial charge is 0.224 e. The number of benzene rings is 1. The van der Waals surface area contributed by atoms with E-state index in [9.17, 15) is 9.90 Å². The number of aliphatic hydroxyl groups excluding tert-OH is 1. The van der Waals surface area contributed by atoms with Crippen molar-refractivity contribution in [2.24, 2.45) is 5.41 Å². The fourth-order valence-electron chi connectivity index (χ4n) is 4.91. The number of aryl methyl sites for hydroxylation is 1. The lowest BCUT2D eigenvalue weighted by Gasteiger charge is -2.51. The Balaban J connectivity index is 1.66. The van der Waals surface area contributed by atoms with Crippen molar-refractivity contribution < 1.29 is 14.6 Å². The van der Waals surface area contributed by atoms with Crippen LogP contribution in [0.2, 0.25) is 0 Å². The lowest BCUT2D eigenvalue weighted by molar-refractivity contribution is -0.142. The SMILES string of the molecule is CCOCCC(=O)N1CCC[C@@]2(CN(Cc3ccccc3CC)CC[C@H]2O)C1. The van der Waals surface area contributed by atoms with Gasteiger partial charge in [-0.05, 0) is 43.7 Å². The van der Waals surface area contributed by atoms with Crippen LogP contribution in [0.5, 0.6) is 0 Å². The van der Waals surface area contributed by atoms with Crippen LogP contribution in [-0.4, -0.2) is 66.3 Å². The van der Waals surface area contributed by atoms with Gasteiger partial charge in [0.1, 0.15) is 0 Å². The van der Waals surface area contributed by atoms with Crippen molar-refractivity contribution in [1.82, 2.24) is 9.80 Å². The second kappa shape index (κ2) is 9.86. The molecule has 2 atom stereocenters. The fourth-order valence-corrected chi connectivity index (χ4v) is 4.91. The second-order valence-corrected chi connectivity index (χ2v) is 8.37. The highest BCUT2D eigenvalue weighted by Crippen LogP contribution is 2.39. The van der Waals surface area contributed by atoms with Gasteiger partial charge in [-0.1, -0.05) is 31.2 Å². The third kappa shape index (κ3) is 4.94. The number of hydrogen-bond acceptors (Lipinski definition) is 4. The average molecular weight is 389 g/mol. The summed E-state index contributed by atoms with van der Waals surface area (Å²) >= 11 is 0. The highest BCUT2D eigenvalue weighted by atomic mass is 16.5. The Bertz CT molecular complexity index is 650. The summed E-state index contributed by atoms with van der Waals surface area (Å²) in [5.74, 6) is 0.160. The topological polar surface area (TPSA) is 53.0 Å². The highest BCUT2D eigenvalue weighted by molar-refractivity contribution is 5.76. The molecular formula is C23H36N2O3. The number of aliphatic hydroxyl groups is 1. The molecule has 156 valence electrons. The van der Waals surface area contributed by atoms with Crippen LogP contribution in [0.3, 0.4) is 0 Å². The lowest BCUT2D eigenvalue weighted by Crippen LogP contribution is -2.59. The summed E-state index contributed by atoms with van der Waals surface area (Å²) in [5.41, 5.74) is 2.59. The van der Waals surface area contributed by atoms with Crippen molar-refractivity contribution in [3.63, 3.8) is 0 Å². The van der Waals surface area contributed by atoms with E-state index in [1.807, 2.05) is 11.8 Å². The summed E-state index contributed by atoms with van der Waals surface area (Å²) in [6, 6.07) is 8.66. The molecular weight excluding hydrogens is 352 g/mol. The Hall–Kier alpha value is -1.43. The molecule has 2 heterocycles. The van der Waals surface area contributed by atoms with Crippen molar-refractivity contribution in [3.05, 3.63) is 35.4 Å². The number of rotatable bonds is 7. The molecule has 2 fully saturated rings. The number of ether oxygens (including phenoxy) is 1. The normalized spacial score (nSPS) is 26.0. The molecule has 2 saturated heterocycles. The molecule has 1 N–H and O–H groups in total. The first-order chi connectivity index (χ1) is 13.6. The first-order valence-electron chi connectivity index (χ1n) is 10.9. The maximum Gasteiger partial charge on any atom is 0.224 e. The average Bonchev–Trinajstić information content (AvgIpc) is 2.71. The van der Waals surface area contributed by atoms with Crippen LogP contribution in [0.15, 0.2) is 24.3 Å². The standard InChI is InChI=1S/C23H36N2O3/c1-3-19-8-5-6-9-20(19)16-24-14-10-21(26)23(17-24)12-7-13-25(18-23)22(27)11-15-28-4-2/h5-6,8-9,21,26H,3-4,7,10-18H2,1-2H3/t21-,23-/m1/s1. The van der Waals surface area contributed by atoms with Gasteiger partial charge in [0.15, 0.2) is 0 Å². The number of nitrogens with zero attached hydrogens (tertiary/aromatic N) is 2. The van der Waals surface area contributed by atoms with Gasteiger partial charge in [0.05, 0.1) is 19.1 Å². The molecule has 1 amide bonds. The minimum atomic E-state index is -0.326. The quantitative estimate of drug-likeness (QED) is 0.730. The minimum absolute atomic E-state index is 0.160. The molecule has 28 heavy (non-hydrogen) atoms. The van der Waals surface area contributed by atoms with Gasteiger partial charge < -0.3 is 14.7 Å². The van der Waals surface area contributed by atoms with E-state index in [0.717, 1.165) is 51.9 Å². The van der Waals surface area contributed by atoms with E-state index in [-0.39, 0.29) is 17.4 Å². The van der Waals surface area contributed by atoms with Gasteiger partial charge >= 0.3 is 0 Å². The maximum absolute atomic E-state index is 12.6. The summed E-state index contributed by atoms with van der Waals surface area (Å²) < 4.78 is 5.35. The predicted octanol–water partition coefficient (Wildman–Crippen LogP) is 2.85. The molecule has 2 aliphatic rings. The highest BCUT2D eigenvalue weighted by Gasteiger charge is 2.46. The summed E-state index contributed by atoms with van der Waals surface area (Å²) in [6.45, 7) is 9.46. The monoisotopic (exact) mass is 388 g/mol. The number of likely N-dealkylation sites (tertiary alicyclic amines) is 2. The maximum atomic E-state index is 12.6. The Morgan fingerprint density at radius 3 is 2.75 bits per heavy atom. The number of carbonyl (C=O) groups is 1. The molecule has 1 aromatic rings. The molecule has 0 aliphatic carbocycles. The van der Waals surface area contributed by atoms with Crippen molar-refractivity contribution in [2.45, 2.75) is 58.6 Å². The molecule has 2 aliphatic heterocycles. The van der Waals surface area contributed by atoms with Crippen LogP contribution in [0.25, 0.3) is 0 Å². The zero-order chi connectivity index (χ0) is 20.0. The summed E-state index contributed by atoms with van der Waals surface area (Å²) in [7, 11) is 0. The van der Waals surface area contributed by atoms with Gasteiger partial charge in [-0.3, -0.25) is 9.69 Å². The summed E-state index contributed by atoms with van der Waals surface area (Å²) in [6.07, 6.45) is 3.90. The molecule has 5 heteroatoms. The lowest BCUT2D eigenvalue weighted by atomic mass is 9.71. The van der Waals surface area contributed by atoms with Crippen LogP contribution in [0.4, 0.5) is 0 Å². The van der Waals surface area contributed by atoms with E-state index in [1.165, 1.54) is 11.1 Å². The van der Waals surface area contributed by atoms with E-state index in [0.29, 0.717) is 26.2 Å². The van der Waals surface area contributed by atoms with Gasteiger partial charge in [-0.25, -0.2) is 0 Å². The predicted molar refractivity (Wildman–Crippen MR) is 111 cm³/mol. The van der Waals surface area contributed by atoms with E-state index in [1.54, 1.807) is 0 Å². The zero-order valence-electron chi connectivity index (χ0n) is 17.5. The molecule has 5 nitrogen and oxygen atoms in total. The second-order valence-electron chi connectivity index (χ2n) is 8.37. The minimum Gasteiger partial charge on any atom is -0.392 e. The summed E-state index contributed by atoms with van der Waals surface area (Å²) in [4.78, 5) is 17.1. The van der Waals surface area contributed by atoms with Crippen LogP contribution in [-0.2, 0) is 22.5 Å². The van der Waals surface area contributed by atoms with Gasteiger partial charge in [0, 0.05) is 44.7 Å². The van der Waals surface area contributed by atoms with Crippen molar-refractivity contribution in [1.29, 1.82) is 0 Å². The number of hydrogen-bond donors (Lipinski definition) is 1. The Morgan fingerprint density at radius 2 is 2.00 bits per heavy atom. The molecule has 0 saturated carbocycles. The van der Waals surface area contributed by atoms with Gasteiger partial charge in [0.2, 0.25) is 5.91 Å². The Kier molecular flexibility index (Phi) is 7.49. The molecule has 0 radical (unpaired) electrons. The van der Waals surface area contributed by atoms with Gasteiger partial charge in [-0.15, -0.1) is 0 Å². The van der Waals surface area contributed by atoms with E-state index < -0.39 is 0 Å². The Labute approximate surface area is 169 Å². The zero-order valence-corrected chi connectivity index (χ0v) is 17.5. The van der Waals surface area contributed by atoms with Crippen molar-refractivity contribution in [2.75, 3.05) is 39.4 Å². The number of carbonyl (C=O) groups excluding carboxylic acids is 1. The molecule has 0 bridgehead atoms. The largest absolute Gasteiger partial charge is 0.392 e. The van der Waals surface area contributed by atoms with E-state index in [2.05, 4.69) is 36.1 Å². The Morgan fingerprint density at radius 1 is 1.21 bits per heavy atom. The number of amides is 1. The molecule has 3 rings (SSSR count).